The number of thioether (sulfide) groups is 1. The minimum Gasteiger partial charge on any atom is -0.308 e. The summed E-state index contributed by atoms with van der Waals surface area (Å²) < 4.78 is 3.29. The van der Waals surface area contributed by atoms with Crippen molar-refractivity contribution in [3.63, 3.8) is 0 Å². The number of benzene rings is 2. The van der Waals surface area contributed by atoms with Crippen molar-refractivity contribution in [1.29, 1.82) is 0 Å². The number of anilines is 2. The highest BCUT2D eigenvalue weighted by Crippen LogP contribution is 2.29. The number of para-hydroxylation sites is 1. The minimum atomic E-state index is -0.315. The molecule has 0 atom stereocenters. The van der Waals surface area contributed by atoms with Crippen molar-refractivity contribution in [3.05, 3.63) is 82.0 Å². The zero-order valence-corrected chi connectivity index (χ0v) is 20.5. The van der Waals surface area contributed by atoms with E-state index in [1.54, 1.807) is 17.1 Å². The van der Waals surface area contributed by atoms with Crippen molar-refractivity contribution in [1.82, 2.24) is 19.2 Å². The fourth-order valence-electron chi connectivity index (χ4n) is 3.53. The average Bonchev–Trinajstić information content (AvgIpc) is 3.18. The summed E-state index contributed by atoms with van der Waals surface area (Å²) >= 11 is 1.50. The lowest BCUT2D eigenvalue weighted by molar-refractivity contribution is 0.262. The highest BCUT2D eigenvalue weighted by Gasteiger charge is 2.12. The molecule has 176 valence electrons. The molecule has 2 N–H and O–H groups in total. The number of fused-ring (bicyclic) bond motifs is 1. The van der Waals surface area contributed by atoms with Crippen molar-refractivity contribution in [2.75, 3.05) is 10.6 Å². The molecule has 0 unspecified atom stereocenters. The summed E-state index contributed by atoms with van der Waals surface area (Å²) in [5, 5.41) is 5.80. The largest absolute Gasteiger partial charge is 0.323 e. The van der Waals surface area contributed by atoms with Crippen LogP contribution < -0.4 is 16.2 Å². The second-order valence-electron chi connectivity index (χ2n) is 8.62. The molecule has 0 aliphatic rings. The van der Waals surface area contributed by atoms with E-state index in [9.17, 15) is 9.59 Å². The summed E-state index contributed by atoms with van der Waals surface area (Å²) in [5.41, 5.74) is 4.19. The van der Waals surface area contributed by atoms with Crippen LogP contribution in [0.3, 0.4) is 0 Å². The molecule has 9 heteroatoms. The highest BCUT2D eigenvalue weighted by molar-refractivity contribution is 7.98. The minimum absolute atomic E-state index is 0.155. The quantitative estimate of drug-likeness (QED) is 0.362. The summed E-state index contributed by atoms with van der Waals surface area (Å²) in [6, 6.07) is 14.6. The van der Waals surface area contributed by atoms with E-state index in [2.05, 4.69) is 34.4 Å². The number of urea groups is 1. The number of rotatable bonds is 7. The number of carbonyl (C=O) groups is 1. The van der Waals surface area contributed by atoms with Gasteiger partial charge in [-0.3, -0.25) is 9.48 Å². The van der Waals surface area contributed by atoms with Crippen molar-refractivity contribution in [2.24, 2.45) is 5.92 Å². The summed E-state index contributed by atoms with van der Waals surface area (Å²) in [7, 11) is 0. The Hall–Kier alpha value is -3.59. The maximum Gasteiger partial charge on any atom is 0.323 e. The summed E-state index contributed by atoms with van der Waals surface area (Å²) in [6.07, 6.45) is 1.65. The van der Waals surface area contributed by atoms with Gasteiger partial charge in [0.1, 0.15) is 6.33 Å². The van der Waals surface area contributed by atoms with Gasteiger partial charge in [0.25, 0.3) is 11.3 Å². The van der Waals surface area contributed by atoms with Crippen LogP contribution in [0.4, 0.5) is 16.2 Å². The van der Waals surface area contributed by atoms with Crippen LogP contribution in [0.15, 0.2) is 64.5 Å². The van der Waals surface area contributed by atoms with Gasteiger partial charge in [-0.15, -0.1) is 11.8 Å². The molecule has 8 nitrogen and oxygen atoms in total. The Morgan fingerprint density at radius 3 is 2.62 bits per heavy atom. The lowest BCUT2D eigenvalue weighted by Crippen LogP contribution is -2.22. The molecule has 2 aromatic heterocycles. The Balaban J connectivity index is 1.46. The molecule has 0 fully saturated rings. The molecule has 0 bridgehead atoms. The van der Waals surface area contributed by atoms with Crippen LogP contribution in [0.2, 0.25) is 0 Å². The molecule has 4 rings (SSSR count). The SMILES string of the molecule is Cc1ccc(NC(=O)Nc2ccccc2SCc2cc(=O)n3c(ncn3CC(C)C)n2)cc1C. The van der Waals surface area contributed by atoms with Crippen LogP contribution in [-0.4, -0.2) is 25.2 Å². The number of carbonyl (C=O) groups excluding carboxylic acids is 1. The van der Waals surface area contributed by atoms with E-state index < -0.39 is 0 Å². The predicted molar refractivity (Wildman–Crippen MR) is 137 cm³/mol. The number of nitrogens with one attached hydrogen (secondary N) is 2. The second-order valence-corrected chi connectivity index (χ2v) is 9.64. The lowest BCUT2D eigenvalue weighted by atomic mass is 10.1. The van der Waals surface area contributed by atoms with Gasteiger partial charge < -0.3 is 10.6 Å². The number of aromatic nitrogens is 4. The second kappa shape index (κ2) is 10.1. The monoisotopic (exact) mass is 476 g/mol. The topological polar surface area (TPSA) is 93.3 Å². The summed E-state index contributed by atoms with van der Waals surface area (Å²) in [5.74, 6) is 1.25. The Labute approximate surface area is 202 Å². The van der Waals surface area contributed by atoms with Crippen molar-refractivity contribution in [2.45, 2.75) is 44.9 Å². The number of hydrogen-bond donors (Lipinski definition) is 2. The third-order valence-corrected chi connectivity index (χ3v) is 6.43. The Morgan fingerprint density at radius 2 is 1.85 bits per heavy atom. The van der Waals surface area contributed by atoms with Crippen LogP contribution in [0.1, 0.15) is 30.7 Å². The van der Waals surface area contributed by atoms with Crippen molar-refractivity contribution in [3.8, 4) is 0 Å². The van der Waals surface area contributed by atoms with E-state index in [4.69, 9.17) is 0 Å². The average molecular weight is 477 g/mol. The Kier molecular flexibility index (Phi) is 7.02. The van der Waals surface area contributed by atoms with Crippen molar-refractivity contribution >= 4 is 34.9 Å². The van der Waals surface area contributed by atoms with Gasteiger partial charge in [-0.05, 0) is 55.2 Å². The van der Waals surface area contributed by atoms with Gasteiger partial charge in [-0.2, -0.15) is 9.50 Å². The van der Waals surface area contributed by atoms with Gasteiger partial charge in [0.05, 0.1) is 11.4 Å². The molecule has 2 aromatic carbocycles. The maximum absolute atomic E-state index is 12.7. The summed E-state index contributed by atoms with van der Waals surface area (Å²) in [6.45, 7) is 8.91. The first-order chi connectivity index (χ1) is 16.3. The predicted octanol–water partition coefficient (Wildman–Crippen LogP) is 5.10. The molecule has 2 amide bonds. The number of aryl methyl sites for hydroxylation is 2. The number of nitrogens with zero attached hydrogens (tertiary/aromatic N) is 4. The van der Waals surface area contributed by atoms with E-state index in [0.29, 0.717) is 35.4 Å². The molecule has 4 aromatic rings. The van der Waals surface area contributed by atoms with E-state index >= 15 is 0 Å². The highest BCUT2D eigenvalue weighted by atomic mass is 32.2. The van der Waals surface area contributed by atoms with Gasteiger partial charge in [-0.25, -0.2) is 9.78 Å². The van der Waals surface area contributed by atoms with Crippen LogP contribution >= 0.6 is 11.8 Å². The third-order valence-electron chi connectivity index (χ3n) is 5.32. The first kappa shape index (κ1) is 23.6. The smallest absolute Gasteiger partial charge is 0.308 e. The molecule has 0 radical (unpaired) electrons. The molecule has 0 aliphatic heterocycles. The molecule has 0 aliphatic carbocycles. The molecule has 0 saturated heterocycles. The molecule has 0 saturated carbocycles. The van der Waals surface area contributed by atoms with E-state index in [0.717, 1.165) is 16.1 Å². The zero-order chi connectivity index (χ0) is 24.2. The van der Waals surface area contributed by atoms with Gasteiger partial charge in [-0.1, -0.05) is 32.0 Å². The van der Waals surface area contributed by atoms with Crippen LogP contribution in [0.25, 0.3) is 5.78 Å². The van der Waals surface area contributed by atoms with Crippen LogP contribution in [-0.2, 0) is 12.3 Å². The fraction of sp³-hybridized carbons (Fsp3) is 0.280. The standard InChI is InChI=1S/C25H28N6O2S/c1-16(2)13-30-15-26-24-27-20(12-23(32)31(24)30)14-34-22-8-6-5-7-21(22)29-25(33)28-19-10-9-17(3)18(4)11-19/h5-12,15-16H,13-14H2,1-4H3,(H2,28,29,33). The summed E-state index contributed by atoms with van der Waals surface area (Å²) in [4.78, 5) is 35.0. The number of hydrogen-bond acceptors (Lipinski definition) is 5. The number of amides is 2. The van der Waals surface area contributed by atoms with Crippen LogP contribution in [0, 0.1) is 19.8 Å². The van der Waals surface area contributed by atoms with Crippen LogP contribution in [0.5, 0.6) is 0 Å². The molecule has 2 heterocycles. The fourth-order valence-corrected chi connectivity index (χ4v) is 4.43. The van der Waals surface area contributed by atoms with Gasteiger partial charge >= 0.3 is 6.03 Å². The molecular formula is C25H28N6O2S. The lowest BCUT2D eigenvalue weighted by Gasteiger charge is -2.12. The van der Waals surface area contributed by atoms with E-state index in [-0.39, 0.29) is 11.6 Å². The first-order valence-electron chi connectivity index (χ1n) is 11.1. The van der Waals surface area contributed by atoms with E-state index in [1.807, 2.05) is 56.3 Å². The Bertz CT molecular complexity index is 1390. The van der Waals surface area contributed by atoms with Crippen molar-refractivity contribution < 1.29 is 4.79 Å². The van der Waals surface area contributed by atoms with E-state index in [1.165, 1.54) is 21.8 Å². The normalized spacial score (nSPS) is 11.2. The first-order valence-corrected chi connectivity index (χ1v) is 12.1. The van der Waals surface area contributed by atoms with Gasteiger partial charge in [0, 0.05) is 28.9 Å². The van der Waals surface area contributed by atoms with Gasteiger partial charge in [0.15, 0.2) is 0 Å². The third kappa shape index (κ3) is 5.48. The molecule has 34 heavy (non-hydrogen) atoms. The maximum atomic E-state index is 12.7. The molecular weight excluding hydrogens is 448 g/mol. The zero-order valence-electron chi connectivity index (χ0n) is 19.7. The molecule has 0 spiro atoms. The van der Waals surface area contributed by atoms with Gasteiger partial charge in [0.2, 0.25) is 0 Å². The Morgan fingerprint density at radius 1 is 1.06 bits per heavy atom.